The van der Waals surface area contributed by atoms with Crippen molar-refractivity contribution in [1.29, 1.82) is 0 Å². The molecule has 1 heterocycles. The number of hydrogen-bond acceptors (Lipinski definition) is 10. The molecule has 0 atom stereocenters. The first-order valence-electron chi connectivity index (χ1n) is 7.55. The number of thioether (sulfide) groups is 1. The summed E-state index contributed by atoms with van der Waals surface area (Å²) in [5, 5.41) is 0.846. The molecule has 0 aromatic carbocycles. The van der Waals surface area contributed by atoms with Gasteiger partial charge in [0.25, 0.3) is 20.2 Å². The van der Waals surface area contributed by atoms with E-state index in [0.29, 0.717) is 28.6 Å². The molecule has 13 heteroatoms. The Balaban J connectivity index is 2.38. The smallest absolute Gasteiger partial charge is 0.271 e. The summed E-state index contributed by atoms with van der Waals surface area (Å²) < 4.78 is 66.3. The highest BCUT2D eigenvalue weighted by Gasteiger charge is 2.14. The molecule has 0 fully saturated rings. The number of rotatable bonds is 12. The molecule has 0 aliphatic heterocycles. The van der Waals surface area contributed by atoms with Crippen LogP contribution in [0.15, 0.2) is 17.6 Å². The second kappa shape index (κ2) is 10.1. The largest absolute Gasteiger partial charge is 0.284 e. The van der Waals surface area contributed by atoms with Gasteiger partial charge in [-0.1, -0.05) is 21.7 Å². The van der Waals surface area contributed by atoms with Crippen LogP contribution in [0.3, 0.4) is 0 Å². The fourth-order valence-corrected chi connectivity index (χ4v) is 4.94. The Bertz CT molecular complexity index is 817. The summed E-state index contributed by atoms with van der Waals surface area (Å²) in [7, 11) is -9.46. The minimum atomic E-state index is -3.79. The molecule has 0 spiro atoms. The van der Waals surface area contributed by atoms with Crippen LogP contribution in [0.4, 0.5) is 0 Å². The van der Waals surface area contributed by atoms with Crippen LogP contribution in [-0.2, 0) is 44.3 Å². The van der Waals surface area contributed by atoms with E-state index in [1.54, 1.807) is 12.5 Å². The van der Waals surface area contributed by atoms with Gasteiger partial charge in [0.05, 0.1) is 24.6 Å². The molecule has 9 nitrogen and oxygen atoms in total. The van der Waals surface area contributed by atoms with Gasteiger partial charge in [-0.25, -0.2) is 9.97 Å². The molecule has 1 aromatic heterocycles. The van der Waals surface area contributed by atoms with Gasteiger partial charge in [-0.2, -0.15) is 16.8 Å². The van der Waals surface area contributed by atoms with Crippen LogP contribution in [0.1, 0.15) is 18.4 Å². The van der Waals surface area contributed by atoms with E-state index in [1.807, 2.05) is 0 Å². The summed E-state index contributed by atoms with van der Waals surface area (Å²) in [5.74, 6) is -0.363. The van der Waals surface area contributed by atoms with Crippen molar-refractivity contribution in [3.05, 3.63) is 18.0 Å². The van der Waals surface area contributed by atoms with Crippen molar-refractivity contribution in [1.82, 2.24) is 9.97 Å². The van der Waals surface area contributed by atoms with E-state index in [9.17, 15) is 21.0 Å². The van der Waals surface area contributed by atoms with Crippen LogP contribution in [0, 0.1) is 0 Å². The average molecular weight is 449 g/mol. The molecule has 0 amide bonds. The van der Waals surface area contributed by atoms with Gasteiger partial charge in [0, 0.05) is 18.0 Å². The fourth-order valence-electron chi connectivity index (χ4n) is 1.55. The van der Waals surface area contributed by atoms with Crippen LogP contribution in [0.5, 0.6) is 0 Å². The predicted octanol–water partition coefficient (Wildman–Crippen LogP) is 0.405. The van der Waals surface area contributed by atoms with Gasteiger partial charge in [-0.05, 0) is 25.4 Å². The third-order valence-electron chi connectivity index (χ3n) is 2.63. The minimum Gasteiger partial charge on any atom is -0.284 e. The molecule has 1 rings (SSSR count). The van der Waals surface area contributed by atoms with E-state index in [0.717, 1.165) is 6.26 Å². The van der Waals surface area contributed by atoms with Crippen molar-refractivity contribution < 1.29 is 29.4 Å². The number of nitrogens with zero attached hydrogens (tertiary/aromatic N) is 2. The van der Waals surface area contributed by atoms with Crippen LogP contribution < -0.4 is 0 Å². The van der Waals surface area contributed by atoms with Crippen molar-refractivity contribution in [3.8, 4) is 0 Å². The van der Waals surface area contributed by atoms with Gasteiger partial charge in [-0.3, -0.25) is 12.6 Å². The zero-order valence-electron chi connectivity index (χ0n) is 14.8. The van der Waals surface area contributed by atoms with Crippen molar-refractivity contribution in [2.75, 3.05) is 37.1 Å². The predicted molar refractivity (Wildman–Crippen MR) is 103 cm³/mol. The normalized spacial score (nSPS) is 13.7. The van der Waals surface area contributed by atoms with Crippen molar-refractivity contribution >= 4 is 41.9 Å². The van der Waals surface area contributed by atoms with Crippen LogP contribution in [0.2, 0.25) is 0 Å². The quantitative estimate of drug-likeness (QED) is 0.158. The van der Waals surface area contributed by atoms with E-state index in [-0.39, 0.29) is 19.0 Å². The van der Waals surface area contributed by atoms with Gasteiger partial charge in [0.2, 0.25) is 0 Å². The highest BCUT2D eigenvalue weighted by Crippen LogP contribution is 2.17. The molecule has 26 heavy (non-hydrogen) atoms. The first kappa shape index (κ1) is 23.4. The Morgan fingerprint density at radius 3 is 2.08 bits per heavy atom. The Morgan fingerprint density at radius 2 is 1.58 bits per heavy atom. The van der Waals surface area contributed by atoms with Gasteiger partial charge in [0.15, 0.2) is 5.16 Å². The monoisotopic (exact) mass is 448 g/mol. The summed E-state index contributed by atoms with van der Waals surface area (Å²) in [5.41, 5.74) is 0.380. The Kier molecular flexibility index (Phi) is 9.09. The summed E-state index contributed by atoms with van der Waals surface area (Å²) in [6.07, 6.45) is 7.78. The lowest BCUT2D eigenvalue weighted by atomic mass is 10.3. The molecule has 0 saturated heterocycles. The average Bonchev–Trinajstić information content (AvgIpc) is 2.48. The second-order valence-electron chi connectivity index (χ2n) is 5.98. The lowest BCUT2D eigenvalue weighted by Gasteiger charge is -2.10. The number of aromatic nitrogens is 2. The van der Waals surface area contributed by atoms with Crippen LogP contribution >= 0.6 is 11.8 Å². The first-order valence-corrected chi connectivity index (χ1v) is 14.7. The molecule has 0 aliphatic rings. The maximum Gasteiger partial charge on any atom is 0.271 e. The summed E-state index contributed by atoms with van der Waals surface area (Å²) >= 11 is 1.26. The van der Waals surface area contributed by atoms with Gasteiger partial charge in [0.1, 0.15) is 5.75 Å². The lowest BCUT2D eigenvalue weighted by molar-refractivity contribution is 0.272. The first-order chi connectivity index (χ1) is 11.9. The zero-order chi connectivity index (χ0) is 19.8. The minimum absolute atomic E-state index is 0.0162. The maximum atomic E-state index is 11.9. The standard InChI is InChI=1S/C13H24N2O7S4/c1-24(2,16)11-23-13-14-8-12(9-15-13)10-26(19,20)22-7-5-4-6-21-25(3,17)18/h8-9,24H,4-7,10-11H2,1-3H3. The van der Waals surface area contributed by atoms with E-state index < -0.39 is 30.2 Å². The highest BCUT2D eigenvalue weighted by molar-refractivity contribution is 8.16. The highest BCUT2D eigenvalue weighted by atomic mass is 32.3. The Labute approximate surface area is 160 Å². The Morgan fingerprint density at radius 1 is 1.04 bits per heavy atom. The van der Waals surface area contributed by atoms with Gasteiger partial charge >= 0.3 is 0 Å². The van der Waals surface area contributed by atoms with E-state index >= 15 is 0 Å². The van der Waals surface area contributed by atoms with E-state index in [2.05, 4.69) is 14.2 Å². The number of hydrogen-bond donors (Lipinski definition) is 1. The molecular weight excluding hydrogens is 424 g/mol. The Hall–Kier alpha value is -0.600. The summed E-state index contributed by atoms with van der Waals surface area (Å²) in [4.78, 5) is 8.09. The van der Waals surface area contributed by atoms with Gasteiger partial charge < -0.3 is 0 Å². The molecule has 0 bridgehead atoms. The molecule has 0 radical (unpaired) electrons. The topological polar surface area (TPSA) is 130 Å². The van der Waals surface area contributed by atoms with Crippen molar-refractivity contribution in [2.45, 2.75) is 23.8 Å². The van der Waals surface area contributed by atoms with Crippen LogP contribution in [-0.4, -0.2) is 68.1 Å². The SMILES string of the molecule is CS(=O)(=O)OCCCCOS(=O)(=O)Cc1cnc(SC[SH](C)(C)=O)nc1. The molecule has 0 aliphatic carbocycles. The molecule has 152 valence electrons. The van der Waals surface area contributed by atoms with E-state index in [1.165, 1.54) is 24.2 Å². The molecule has 0 unspecified atom stereocenters. The van der Waals surface area contributed by atoms with Crippen molar-refractivity contribution in [3.63, 3.8) is 0 Å². The van der Waals surface area contributed by atoms with Gasteiger partial charge in [-0.15, -0.1) is 0 Å². The second-order valence-corrected chi connectivity index (χ2v) is 14.1. The lowest BCUT2D eigenvalue weighted by Crippen LogP contribution is -2.12. The third kappa shape index (κ3) is 11.9. The summed E-state index contributed by atoms with van der Waals surface area (Å²) in [6.45, 7) is -0.0792. The number of unbranched alkanes of at least 4 members (excludes halogenated alkanes) is 1. The molecule has 1 aromatic rings. The van der Waals surface area contributed by atoms with E-state index in [4.69, 9.17) is 4.18 Å². The molecular formula is C13H24N2O7S4. The maximum absolute atomic E-state index is 11.9. The number of thiol groups is 1. The van der Waals surface area contributed by atoms with Crippen LogP contribution in [0.25, 0.3) is 0 Å². The third-order valence-corrected chi connectivity index (χ3v) is 7.91. The van der Waals surface area contributed by atoms with Crippen molar-refractivity contribution in [2.24, 2.45) is 0 Å². The zero-order valence-corrected chi connectivity index (χ0v) is 18.2. The fraction of sp³-hybridized carbons (Fsp3) is 0.692. The molecule has 0 N–H and O–H groups in total. The summed E-state index contributed by atoms with van der Waals surface area (Å²) in [6, 6.07) is 0. The molecule has 0 saturated carbocycles.